The van der Waals surface area contributed by atoms with Gasteiger partial charge in [-0.25, -0.2) is 9.13 Å². The maximum Gasteiger partial charge on any atom is 0.472 e. The molecular formula is C82H160O17P2. The van der Waals surface area contributed by atoms with Crippen LogP contribution in [0.5, 0.6) is 0 Å². The van der Waals surface area contributed by atoms with Crippen LogP contribution in [-0.2, 0) is 65.4 Å². The van der Waals surface area contributed by atoms with Gasteiger partial charge >= 0.3 is 39.5 Å². The minimum Gasteiger partial charge on any atom is -0.462 e. The molecule has 101 heavy (non-hydrogen) atoms. The zero-order chi connectivity index (χ0) is 74.6. The van der Waals surface area contributed by atoms with Crippen LogP contribution in [-0.4, -0.2) is 96.7 Å². The van der Waals surface area contributed by atoms with Gasteiger partial charge in [-0.1, -0.05) is 370 Å². The van der Waals surface area contributed by atoms with Gasteiger partial charge in [0.15, 0.2) is 12.2 Å². The molecule has 0 rings (SSSR count). The van der Waals surface area contributed by atoms with Crippen molar-refractivity contribution in [2.75, 3.05) is 39.6 Å². The quantitative estimate of drug-likeness (QED) is 0.0222. The Morgan fingerprint density at radius 3 is 0.614 bits per heavy atom. The first kappa shape index (κ1) is 99.1. The normalized spacial score (nSPS) is 14.0. The maximum atomic E-state index is 13.1. The monoisotopic (exact) mass is 1480 g/mol. The van der Waals surface area contributed by atoms with E-state index in [1.165, 1.54) is 218 Å². The summed E-state index contributed by atoms with van der Waals surface area (Å²) in [6.45, 7) is 14.2. The number of hydrogen-bond donors (Lipinski definition) is 3. The largest absolute Gasteiger partial charge is 0.472 e. The molecule has 0 saturated heterocycles. The highest BCUT2D eigenvalue weighted by Crippen LogP contribution is 2.45. The number of carbonyl (C=O) groups excluding carboxylic acids is 4. The molecule has 3 N–H and O–H groups in total. The third kappa shape index (κ3) is 76.1. The SMILES string of the molecule is CC(C)CCCCCCCCCCCCCCCCCCCCC(=O)O[C@H](COC(=O)CCCCCCCCC(C)C)COP(=O)(O)OCC(O)COP(=O)(O)OC[C@@H](COC(=O)CCCCCCCCCCCCCCCCCCC(C)C)OC(=O)CCCCCCCCCCCC(C)C. The van der Waals surface area contributed by atoms with E-state index in [0.717, 1.165) is 114 Å². The minimum atomic E-state index is -4.96. The van der Waals surface area contributed by atoms with E-state index in [4.69, 9.17) is 37.0 Å². The molecule has 600 valence electrons. The molecule has 0 aromatic heterocycles. The summed E-state index contributed by atoms with van der Waals surface area (Å²) in [6.07, 6.45) is 58.6. The Kier molecular flexibility index (Phi) is 69.6. The number of aliphatic hydroxyl groups is 1. The molecule has 5 atom stereocenters. The molecule has 0 aliphatic heterocycles. The predicted molar refractivity (Wildman–Crippen MR) is 414 cm³/mol. The van der Waals surface area contributed by atoms with Gasteiger partial charge in [-0.05, 0) is 49.4 Å². The van der Waals surface area contributed by atoms with Crippen LogP contribution < -0.4 is 0 Å². The molecule has 0 fully saturated rings. The molecule has 0 heterocycles. The number of esters is 4. The lowest BCUT2D eigenvalue weighted by Gasteiger charge is -2.21. The molecule has 0 aromatic carbocycles. The lowest BCUT2D eigenvalue weighted by molar-refractivity contribution is -0.161. The molecule has 0 bridgehead atoms. The molecule has 19 heteroatoms. The number of aliphatic hydroxyl groups excluding tert-OH is 1. The van der Waals surface area contributed by atoms with E-state index in [1.54, 1.807) is 0 Å². The second kappa shape index (κ2) is 71.0. The number of carbonyl (C=O) groups is 4. The van der Waals surface area contributed by atoms with Gasteiger partial charge in [0.2, 0.25) is 0 Å². The van der Waals surface area contributed by atoms with Crippen LogP contribution in [0.4, 0.5) is 0 Å². The van der Waals surface area contributed by atoms with Gasteiger partial charge in [-0.3, -0.25) is 37.3 Å². The molecule has 0 saturated carbocycles. The Bertz CT molecular complexity index is 1970. The van der Waals surface area contributed by atoms with Crippen molar-refractivity contribution in [3.63, 3.8) is 0 Å². The number of unbranched alkanes of at least 4 members (excludes halogenated alkanes) is 45. The fraction of sp³-hybridized carbons (Fsp3) is 0.951. The maximum absolute atomic E-state index is 13.1. The summed E-state index contributed by atoms with van der Waals surface area (Å²) in [5, 5.41) is 10.6. The van der Waals surface area contributed by atoms with Crippen molar-refractivity contribution < 1.29 is 80.2 Å². The number of rotatable bonds is 79. The summed E-state index contributed by atoms with van der Waals surface area (Å²) in [5.74, 6) is 0.932. The van der Waals surface area contributed by atoms with Crippen LogP contribution in [0.15, 0.2) is 0 Å². The molecule has 0 radical (unpaired) electrons. The Hall–Kier alpha value is -1.94. The second-order valence-corrected chi connectivity index (χ2v) is 34.3. The van der Waals surface area contributed by atoms with E-state index >= 15 is 0 Å². The van der Waals surface area contributed by atoms with E-state index < -0.39 is 97.5 Å². The van der Waals surface area contributed by atoms with E-state index in [9.17, 15) is 43.2 Å². The molecule has 0 amide bonds. The summed E-state index contributed by atoms with van der Waals surface area (Å²) in [4.78, 5) is 73.0. The lowest BCUT2D eigenvalue weighted by atomic mass is 10.0. The zero-order valence-electron chi connectivity index (χ0n) is 66.5. The van der Waals surface area contributed by atoms with Gasteiger partial charge in [0.25, 0.3) is 0 Å². The summed E-state index contributed by atoms with van der Waals surface area (Å²) in [7, 11) is -9.92. The summed E-state index contributed by atoms with van der Waals surface area (Å²) < 4.78 is 68.7. The number of ether oxygens (including phenoxy) is 4. The fourth-order valence-electron chi connectivity index (χ4n) is 12.6. The van der Waals surface area contributed by atoms with Gasteiger partial charge in [-0.2, -0.15) is 0 Å². The lowest BCUT2D eigenvalue weighted by Crippen LogP contribution is -2.30. The minimum absolute atomic E-state index is 0.105. The van der Waals surface area contributed by atoms with Crippen molar-refractivity contribution in [2.45, 2.75) is 440 Å². The predicted octanol–water partition coefficient (Wildman–Crippen LogP) is 24.4. The van der Waals surface area contributed by atoms with E-state index in [0.29, 0.717) is 31.6 Å². The first-order chi connectivity index (χ1) is 48.6. The van der Waals surface area contributed by atoms with Crippen molar-refractivity contribution in [1.82, 2.24) is 0 Å². The van der Waals surface area contributed by atoms with Crippen molar-refractivity contribution in [1.29, 1.82) is 0 Å². The Labute approximate surface area is 619 Å². The second-order valence-electron chi connectivity index (χ2n) is 31.4. The van der Waals surface area contributed by atoms with Crippen LogP contribution in [0, 0.1) is 23.7 Å². The van der Waals surface area contributed by atoms with Crippen LogP contribution in [0.2, 0.25) is 0 Å². The summed E-state index contributed by atoms with van der Waals surface area (Å²) >= 11 is 0. The Balaban J connectivity index is 5.15. The molecule has 17 nitrogen and oxygen atoms in total. The number of phosphoric ester groups is 2. The van der Waals surface area contributed by atoms with E-state index in [-0.39, 0.29) is 25.7 Å². The highest BCUT2D eigenvalue weighted by molar-refractivity contribution is 7.47. The number of hydrogen-bond acceptors (Lipinski definition) is 15. The third-order valence-electron chi connectivity index (χ3n) is 19.1. The van der Waals surface area contributed by atoms with Crippen molar-refractivity contribution in [3.8, 4) is 0 Å². The van der Waals surface area contributed by atoms with Gasteiger partial charge in [0.05, 0.1) is 26.4 Å². The van der Waals surface area contributed by atoms with Crippen molar-refractivity contribution in [2.24, 2.45) is 23.7 Å². The molecule has 0 aliphatic rings. The highest BCUT2D eigenvalue weighted by Gasteiger charge is 2.30. The zero-order valence-corrected chi connectivity index (χ0v) is 68.3. The first-order valence-electron chi connectivity index (χ1n) is 42.2. The standard InChI is InChI=1S/C82H160O17P2/c1-72(2)58-50-42-34-28-23-19-15-11-9-10-12-18-22-26-32-38-48-56-64-81(86)99-78(69-93-80(85)63-55-47-41-40-45-53-61-75(7)8)71-97-101(90,91)95-67-76(83)66-94-100(88,89)96-70-77(98-82(87)65-57-49-39-33-27-30-36-44-52-60-74(5)6)68-92-79(84)62-54-46-37-31-25-21-17-14-13-16-20-24-29-35-43-51-59-73(3)4/h72-78,83H,9-71H2,1-8H3,(H,88,89)(H,90,91)/t76?,77-,78-/m1/s1. The summed E-state index contributed by atoms with van der Waals surface area (Å²) in [6, 6.07) is 0. The van der Waals surface area contributed by atoms with Crippen LogP contribution >= 0.6 is 15.6 Å². The van der Waals surface area contributed by atoms with E-state index in [1.807, 2.05) is 0 Å². The van der Waals surface area contributed by atoms with Gasteiger partial charge in [-0.15, -0.1) is 0 Å². The first-order valence-corrected chi connectivity index (χ1v) is 45.2. The van der Waals surface area contributed by atoms with E-state index in [2.05, 4.69) is 55.4 Å². The molecular weight excluding hydrogens is 1320 g/mol. The molecule has 0 aromatic rings. The topological polar surface area (TPSA) is 237 Å². The highest BCUT2D eigenvalue weighted by atomic mass is 31.2. The van der Waals surface area contributed by atoms with Crippen molar-refractivity contribution >= 4 is 39.5 Å². The smallest absolute Gasteiger partial charge is 0.462 e. The average Bonchev–Trinajstić information content (AvgIpc) is 0.991. The Morgan fingerprint density at radius 2 is 0.416 bits per heavy atom. The Morgan fingerprint density at radius 1 is 0.248 bits per heavy atom. The average molecular weight is 1480 g/mol. The van der Waals surface area contributed by atoms with Gasteiger partial charge < -0.3 is 33.8 Å². The van der Waals surface area contributed by atoms with Crippen LogP contribution in [0.25, 0.3) is 0 Å². The third-order valence-corrected chi connectivity index (χ3v) is 21.0. The molecule has 0 aliphatic carbocycles. The van der Waals surface area contributed by atoms with Gasteiger partial charge in [0.1, 0.15) is 19.3 Å². The fourth-order valence-corrected chi connectivity index (χ4v) is 14.2. The van der Waals surface area contributed by atoms with Crippen LogP contribution in [0.1, 0.15) is 421 Å². The molecule has 3 unspecified atom stereocenters. The summed E-state index contributed by atoms with van der Waals surface area (Å²) in [5.41, 5.74) is 0. The van der Waals surface area contributed by atoms with Crippen molar-refractivity contribution in [3.05, 3.63) is 0 Å². The van der Waals surface area contributed by atoms with Gasteiger partial charge in [0, 0.05) is 25.7 Å². The van der Waals surface area contributed by atoms with Crippen LogP contribution in [0.3, 0.4) is 0 Å². The number of phosphoric acid groups is 2. The molecule has 0 spiro atoms.